The number of carbonyl (C=O) groups is 1. The average Bonchev–Trinajstić information content (AvgIpc) is 2.54. The van der Waals surface area contributed by atoms with Gasteiger partial charge >= 0.3 is 0 Å². The number of amides is 1. The third-order valence-electron chi connectivity index (χ3n) is 3.86. The molecule has 130 valence electrons. The number of carbonyl (C=O) groups excluding carboxylic acids is 1. The Hall–Kier alpha value is -1.69. The molecule has 1 saturated heterocycles. The third-order valence-corrected chi connectivity index (χ3v) is 3.86. The van der Waals surface area contributed by atoms with Gasteiger partial charge in [-0.1, -0.05) is 12.1 Å². The molecular weight excluding hydrogens is 352 g/mol. The summed E-state index contributed by atoms with van der Waals surface area (Å²) in [5.74, 6) is -0.348. The molecule has 0 saturated carbocycles. The van der Waals surface area contributed by atoms with E-state index in [0.29, 0.717) is 18.7 Å². The first-order chi connectivity index (χ1) is 10.6. The lowest BCUT2D eigenvalue weighted by atomic mass is 10.0. The number of benzene rings is 1. The van der Waals surface area contributed by atoms with E-state index in [1.165, 1.54) is 12.1 Å². The molecule has 1 aromatic carbocycles. The molecule has 1 fully saturated rings. The molecule has 1 aromatic heterocycles. The molecule has 2 heterocycles. The number of piperazine rings is 1. The van der Waals surface area contributed by atoms with Crippen LogP contribution in [0.1, 0.15) is 27.5 Å². The SMILES string of the molecule is Cc1cncc(C(=O)N2CCNCC2c2cccc(F)c2)c1.Cl.Cl. The summed E-state index contributed by atoms with van der Waals surface area (Å²) < 4.78 is 13.5. The number of hydrogen-bond acceptors (Lipinski definition) is 3. The van der Waals surface area contributed by atoms with Gasteiger partial charge in [0, 0.05) is 32.0 Å². The maximum Gasteiger partial charge on any atom is 0.256 e. The van der Waals surface area contributed by atoms with Gasteiger partial charge in [0.2, 0.25) is 0 Å². The zero-order chi connectivity index (χ0) is 15.5. The molecule has 1 amide bonds. The van der Waals surface area contributed by atoms with Crippen LogP contribution in [0, 0.1) is 12.7 Å². The molecule has 3 rings (SSSR count). The second-order valence-corrected chi connectivity index (χ2v) is 5.52. The van der Waals surface area contributed by atoms with E-state index >= 15 is 0 Å². The number of aryl methyl sites for hydroxylation is 1. The van der Waals surface area contributed by atoms with Crippen LogP contribution in [0.4, 0.5) is 4.39 Å². The molecule has 24 heavy (non-hydrogen) atoms. The summed E-state index contributed by atoms with van der Waals surface area (Å²) in [6, 6.07) is 8.10. The van der Waals surface area contributed by atoms with Crippen molar-refractivity contribution in [1.82, 2.24) is 15.2 Å². The summed E-state index contributed by atoms with van der Waals surface area (Å²) in [5.41, 5.74) is 2.33. The predicted octanol–water partition coefficient (Wildman–Crippen LogP) is 3.16. The van der Waals surface area contributed by atoms with Crippen LogP contribution in [0.2, 0.25) is 0 Å². The van der Waals surface area contributed by atoms with Gasteiger partial charge in [-0.2, -0.15) is 0 Å². The molecule has 0 radical (unpaired) electrons. The van der Waals surface area contributed by atoms with Gasteiger partial charge in [0.05, 0.1) is 11.6 Å². The van der Waals surface area contributed by atoms with Crippen LogP contribution in [0.5, 0.6) is 0 Å². The quantitative estimate of drug-likeness (QED) is 0.881. The number of pyridine rings is 1. The normalized spacial score (nSPS) is 16.8. The minimum absolute atomic E-state index is 0. The average molecular weight is 372 g/mol. The first-order valence-corrected chi connectivity index (χ1v) is 7.34. The maximum atomic E-state index is 13.5. The number of aromatic nitrogens is 1. The second kappa shape index (κ2) is 8.97. The molecule has 1 aliphatic heterocycles. The Labute approximate surface area is 153 Å². The fourth-order valence-corrected chi connectivity index (χ4v) is 2.80. The van der Waals surface area contributed by atoms with Gasteiger partial charge in [-0.3, -0.25) is 9.78 Å². The van der Waals surface area contributed by atoms with Gasteiger partial charge in [-0.05, 0) is 36.2 Å². The molecule has 1 unspecified atom stereocenters. The molecule has 1 atom stereocenters. The highest BCUT2D eigenvalue weighted by molar-refractivity contribution is 5.94. The largest absolute Gasteiger partial charge is 0.329 e. The summed E-state index contributed by atoms with van der Waals surface area (Å²) >= 11 is 0. The van der Waals surface area contributed by atoms with Gasteiger partial charge < -0.3 is 10.2 Å². The van der Waals surface area contributed by atoms with E-state index in [-0.39, 0.29) is 42.6 Å². The first-order valence-electron chi connectivity index (χ1n) is 7.34. The number of nitrogens with zero attached hydrogens (tertiary/aromatic N) is 2. The minimum Gasteiger partial charge on any atom is -0.329 e. The van der Waals surface area contributed by atoms with Crippen molar-refractivity contribution in [3.63, 3.8) is 0 Å². The van der Waals surface area contributed by atoms with E-state index in [9.17, 15) is 9.18 Å². The summed E-state index contributed by atoms with van der Waals surface area (Å²) in [5, 5.41) is 3.27. The Kier molecular flexibility index (Phi) is 7.60. The number of halogens is 3. The summed E-state index contributed by atoms with van der Waals surface area (Å²) in [6.07, 6.45) is 3.30. The van der Waals surface area contributed by atoms with Crippen molar-refractivity contribution in [2.75, 3.05) is 19.6 Å². The van der Waals surface area contributed by atoms with Crippen molar-refractivity contribution in [3.8, 4) is 0 Å². The molecule has 0 bridgehead atoms. The van der Waals surface area contributed by atoms with Gasteiger partial charge in [-0.15, -0.1) is 24.8 Å². The molecule has 0 spiro atoms. The monoisotopic (exact) mass is 371 g/mol. The fourth-order valence-electron chi connectivity index (χ4n) is 2.80. The summed E-state index contributed by atoms with van der Waals surface area (Å²) in [4.78, 5) is 18.7. The maximum absolute atomic E-state index is 13.5. The highest BCUT2D eigenvalue weighted by atomic mass is 35.5. The second-order valence-electron chi connectivity index (χ2n) is 5.52. The van der Waals surface area contributed by atoms with Gasteiger partial charge in [0.1, 0.15) is 5.82 Å². The van der Waals surface area contributed by atoms with Crippen LogP contribution in [0.15, 0.2) is 42.7 Å². The van der Waals surface area contributed by atoms with Crippen LogP contribution in [-0.2, 0) is 0 Å². The predicted molar refractivity (Wildman–Crippen MR) is 96.5 cm³/mol. The van der Waals surface area contributed by atoms with Gasteiger partial charge in [-0.25, -0.2) is 4.39 Å². The van der Waals surface area contributed by atoms with E-state index in [4.69, 9.17) is 0 Å². The lowest BCUT2D eigenvalue weighted by Crippen LogP contribution is -2.48. The van der Waals surface area contributed by atoms with Crippen molar-refractivity contribution >= 4 is 30.7 Å². The molecule has 0 aliphatic carbocycles. The third kappa shape index (κ3) is 4.44. The Bertz CT molecular complexity index is 699. The highest BCUT2D eigenvalue weighted by Gasteiger charge is 2.28. The zero-order valence-electron chi connectivity index (χ0n) is 13.2. The van der Waals surface area contributed by atoms with Crippen LogP contribution >= 0.6 is 24.8 Å². The van der Waals surface area contributed by atoms with E-state index in [0.717, 1.165) is 17.7 Å². The van der Waals surface area contributed by atoms with Gasteiger partial charge in [0.25, 0.3) is 5.91 Å². The van der Waals surface area contributed by atoms with E-state index in [2.05, 4.69) is 10.3 Å². The Morgan fingerprint density at radius 2 is 2.08 bits per heavy atom. The highest BCUT2D eigenvalue weighted by Crippen LogP contribution is 2.24. The van der Waals surface area contributed by atoms with Crippen molar-refractivity contribution in [2.45, 2.75) is 13.0 Å². The summed E-state index contributed by atoms with van der Waals surface area (Å²) in [6.45, 7) is 3.85. The molecule has 1 aliphatic rings. The number of nitrogens with one attached hydrogen (secondary N) is 1. The minimum atomic E-state index is -0.285. The lowest BCUT2D eigenvalue weighted by Gasteiger charge is -2.36. The Balaban J connectivity index is 0.00000144. The Morgan fingerprint density at radius 1 is 1.29 bits per heavy atom. The number of rotatable bonds is 2. The van der Waals surface area contributed by atoms with Gasteiger partial charge in [0.15, 0.2) is 0 Å². The fraction of sp³-hybridized carbons (Fsp3) is 0.294. The molecular formula is C17H20Cl2FN3O. The molecule has 1 N–H and O–H groups in total. The molecule has 2 aromatic rings. The lowest BCUT2D eigenvalue weighted by molar-refractivity contribution is 0.0633. The Morgan fingerprint density at radius 3 is 2.79 bits per heavy atom. The van der Waals surface area contributed by atoms with E-state index in [1.807, 2.05) is 19.1 Å². The van der Waals surface area contributed by atoms with Crippen LogP contribution < -0.4 is 5.32 Å². The van der Waals surface area contributed by atoms with Crippen molar-refractivity contribution in [2.24, 2.45) is 0 Å². The number of hydrogen-bond donors (Lipinski definition) is 1. The molecule has 7 heteroatoms. The van der Waals surface area contributed by atoms with Crippen LogP contribution in [-0.4, -0.2) is 35.4 Å². The van der Waals surface area contributed by atoms with Crippen LogP contribution in [0.3, 0.4) is 0 Å². The van der Waals surface area contributed by atoms with Crippen molar-refractivity contribution in [3.05, 3.63) is 65.2 Å². The summed E-state index contributed by atoms with van der Waals surface area (Å²) in [7, 11) is 0. The smallest absolute Gasteiger partial charge is 0.256 e. The first kappa shape index (κ1) is 20.4. The zero-order valence-corrected chi connectivity index (χ0v) is 14.9. The van der Waals surface area contributed by atoms with Crippen molar-refractivity contribution in [1.29, 1.82) is 0 Å². The topological polar surface area (TPSA) is 45.2 Å². The van der Waals surface area contributed by atoms with E-state index in [1.54, 1.807) is 23.4 Å². The standard InChI is InChI=1S/C17H18FN3O.2ClH/c1-12-7-14(10-20-9-12)17(22)21-6-5-19-11-16(21)13-3-2-4-15(18)8-13;;/h2-4,7-10,16,19H,5-6,11H2,1H3;2*1H. The van der Waals surface area contributed by atoms with E-state index < -0.39 is 0 Å². The van der Waals surface area contributed by atoms with Crippen LogP contribution in [0.25, 0.3) is 0 Å². The molecule has 4 nitrogen and oxygen atoms in total. The van der Waals surface area contributed by atoms with Crippen molar-refractivity contribution < 1.29 is 9.18 Å².